The van der Waals surface area contributed by atoms with Crippen LogP contribution >= 0.6 is 0 Å². The fraction of sp³-hybridized carbons (Fsp3) is 0.706. The first-order chi connectivity index (χ1) is 11.2. The summed E-state index contributed by atoms with van der Waals surface area (Å²) in [6.07, 6.45) is 3.67. The molecule has 6 heteroatoms. The first-order valence-electron chi connectivity index (χ1n) is 8.59. The number of aliphatic hydroxyl groups is 1. The second-order valence-corrected chi connectivity index (χ2v) is 6.52. The maximum Gasteiger partial charge on any atom is 0.257 e. The average Bonchev–Trinajstić information content (AvgIpc) is 3.01. The second kappa shape index (κ2) is 7.47. The van der Waals surface area contributed by atoms with Gasteiger partial charge in [0.25, 0.3) is 5.91 Å². The fourth-order valence-electron chi connectivity index (χ4n) is 3.70. The Kier molecular flexibility index (Phi) is 5.35. The van der Waals surface area contributed by atoms with E-state index in [4.69, 9.17) is 9.52 Å². The van der Waals surface area contributed by atoms with Crippen molar-refractivity contribution in [2.75, 3.05) is 52.4 Å². The quantitative estimate of drug-likeness (QED) is 0.889. The molecular weight excluding hydrogens is 294 g/mol. The monoisotopic (exact) mass is 321 g/mol. The van der Waals surface area contributed by atoms with Crippen molar-refractivity contribution in [2.24, 2.45) is 0 Å². The number of piperidine rings is 1. The van der Waals surface area contributed by atoms with E-state index in [1.165, 1.54) is 0 Å². The lowest BCUT2D eigenvalue weighted by Crippen LogP contribution is -2.54. The van der Waals surface area contributed by atoms with Gasteiger partial charge in [0.2, 0.25) is 0 Å². The van der Waals surface area contributed by atoms with Crippen molar-refractivity contribution in [3.63, 3.8) is 0 Å². The number of likely N-dealkylation sites (tertiary alicyclic amines) is 1. The van der Waals surface area contributed by atoms with Gasteiger partial charge in [-0.05, 0) is 25.8 Å². The summed E-state index contributed by atoms with van der Waals surface area (Å²) >= 11 is 0. The van der Waals surface area contributed by atoms with Crippen molar-refractivity contribution in [3.8, 4) is 0 Å². The number of hydrogen-bond acceptors (Lipinski definition) is 5. The molecule has 0 atom stereocenters. The zero-order valence-electron chi connectivity index (χ0n) is 13.9. The minimum atomic E-state index is 0.0995. The Labute approximate surface area is 137 Å². The predicted molar refractivity (Wildman–Crippen MR) is 87.5 cm³/mol. The van der Waals surface area contributed by atoms with Crippen LogP contribution in [0.3, 0.4) is 0 Å². The Balaban J connectivity index is 1.47. The van der Waals surface area contributed by atoms with E-state index in [0.29, 0.717) is 17.4 Å². The largest absolute Gasteiger partial charge is 0.469 e. The molecule has 0 radical (unpaired) electrons. The number of furan rings is 1. The molecule has 0 aromatic carbocycles. The summed E-state index contributed by atoms with van der Waals surface area (Å²) in [7, 11) is 0. The summed E-state index contributed by atoms with van der Waals surface area (Å²) in [6.45, 7) is 8.72. The smallest absolute Gasteiger partial charge is 0.257 e. The van der Waals surface area contributed by atoms with Crippen LogP contribution in [0.4, 0.5) is 0 Å². The molecular formula is C17H27N3O3. The normalized spacial score (nSPS) is 21.7. The molecule has 23 heavy (non-hydrogen) atoms. The van der Waals surface area contributed by atoms with E-state index in [1.807, 2.05) is 11.8 Å². The maximum absolute atomic E-state index is 12.5. The Morgan fingerprint density at radius 2 is 1.91 bits per heavy atom. The predicted octanol–water partition coefficient (Wildman–Crippen LogP) is 0.803. The van der Waals surface area contributed by atoms with E-state index < -0.39 is 0 Å². The van der Waals surface area contributed by atoms with Crippen LogP contribution in [0.25, 0.3) is 0 Å². The number of aryl methyl sites for hydroxylation is 1. The second-order valence-electron chi connectivity index (χ2n) is 6.52. The van der Waals surface area contributed by atoms with Gasteiger partial charge in [-0.1, -0.05) is 0 Å². The highest BCUT2D eigenvalue weighted by Gasteiger charge is 2.29. The van der Waals surface area contributed by atoms with Crippen molar-refractivity contribution in [2.45, 2.75) is 25.8 Å². The molecule has 0 aliphatic carbocycles. The van der Waals surface area contributed by atoms with Gasteiger partial charge in [0, 0.05) is 51.9 Å². The molecule has 2 fully saturated rings. The van der Waals surface area contributed by atoms with Crippen LogP contribution in [-0.4, -0.2) is 84.2 Å². The zero-order chi connectivity index (χ0) is 16.2. The first-order valence-corrected chi connectivity index (χ1v) is 8.59. The van der Waals surface area contributed by atoms with Gasteiger partial charge in [0.05, 0.1) is 18.4 Å². The molecule has 6 nitrogen and oxygen atoms in total. The minimum absolute atomic E-state index is 0.0995. The minimum Gasteiger partial charge on any atom is -0.469 e. The van der Waals surface area contributed by atoms with Crippen molar-refractivity contribution >= 4 is 5.91 Å². The standard InChI is InChI=1S/C17H27N3O3/c1-14-16(4-13-23-14)17(22)20-5-2-15(3-6-20)19-9-7-18(8-10-19)11-12-21/h4,13,15,21H,2-3,5-12H2,1H3. The molecule has 2 saturated heterocycles. The lowest BCUT2D eigenvalue weighted by Gasteiger charge is -2.42. The number of hydrogen-bond donors (Lipinski definition) is 1. The molecule has 0 bridgehead atoms. The third-order valence-corrected chi connectivity index (χ3v) is 5.18. The van der Waals surface area contributed by atoms with Crippen LogP contribution in [0.15, 0.2) is 16.7 Å². The van der Waals surface area contributed by atoms with Crippen molar-refractivity contribution in [3.05, 3.63) is 23.7 Å². The number of carbonyl (C=O) groups is 1. The molecule has 128 valence electrons. The van der Waals surface area contributed by atoms with Crippen LogP contribution in [0, 0.1) is 6.92 Å². The summed E-state index contributed by atoms with van der Waals surface area (Å²) < 4.78 is 5.24. The third kappa shape index (κ3) is 3.76. The number of nitrogens with zero attached hydrogens (tertiary/aromatic N) is 3. The highest BCUT2D eigenvalue weighted by molar-refractivity contribution is 5.95. The van der Waals surface area contributed by atoms with Gasteiger partial charge in [-0.15, -0.1) is 0 Å². The maximum atomic E-state index is 12.5. The van der Waals surface area contributed by atoms with Crippen LogP contribution in [0.2, 0.25) is 0 Å². The molecule has 1 N–H and O–H groups in total. The first kappa shape index (κ1) is 16.5. The van der Waals surface area contributed by atoms with E-state index in [0.717, 1.165) is 58.7 Å². The van der Waals surface area contributed by atoms with E-state index in [9.17, 15) is 4.79 Å². The summed E-state index contributed by atoms with van der Waals surface area (Å²) in [5, 5.41) is 9.01. The van der Waals surface area contributed by atoms with E-state index in [1.54, 1.807) is 12.3 Å². The van der Waals surface area contributed by atoms with Gasteiger partial charge in [0.1, 0.15) is 5.76 Å². The molecule has 2 aliphatic heterocycles. The number of aliphatic hydroxyl groups excluding tert-OH is 1. The topological polar surface area (TPSA) is 60.2 Å². The number of piperazine rings is 1. The van der Waals surface area contributed by atoms with Gasteiger partial charge in [0.15, 0.2) is 0 Å². The van der Waals surface area contributed by atoms with Crippen LogP contribution in [0.5, 0.6) is 0 Å². The molecule has 1 amide bonds. The molecule has 0 spiro atoms. The van der Waals surface area contributed by atoms with Crippen molar-refractivity contribution in [1.82, 2.24) is 14.7 Å². The average molecular weight is 321 g/mol. The number of amides is 1. The highest BCUT2D eigenvalue weighted by atomic mass is 16.3. The number of rotatable bonds is 4. The van der Waals surface area contributed by atoms with E-state index in [2.05, 4.69) is 9.80 Å². The van der Waals surface area contributed by atoms with Gasteiger partial charge < -0.3 is 14.4 Å². The molecule has 3 heterocycles. The van der Waals surface area contributed by atoms with Crippen molar-refractivity contribution in [1.29, 1.82) is 0 Å². The molecule has 1 aromatic rings. The van der Waals surface area contributed by atoms with Crippen molar-refractivity contribution < 1.29 is 14.3 Å². The Morgan fingerprint density at radius 3 is 2.48 bits per heavy atom. The summed E-state index contributed by atoms with van der Waals surface area (Å²) in [5.74, 6) is 0.805. The summed E-state index contributed by atoms with van der Waals surface area (Å²) in [4.78, 5) is 19.3. The fourth-order valence-corrected chi connectivity index (χ4v) is 3.70. The number of β-amino-alcohol motifs (C(OH)–C–C–N with tert-alkyl or cyclic N) is 1. The van der Waals surface area contributed by atoms with Gasteiger partial charge >= 0.3 is 0 Å². The van der Waals surface area contributed by atoms with E-state index in [-0.39, 0.29) is 12.5 Å². The van der Waals surface area contributed by atoms with Crippen LogP contribution in [-0.2, 0) is 0 Å². The number of carbonyl (C=O) groups excluding carboxylic acids is 1. The Morgan fingerprint density at radius 1 is 1.22 bits per heavy atom. The summed E-state index contributed by atoms with van der Waals surface area (Å²) in [5.41, 5.74) is 0.695. The van der Waals surface area contributed by atoms with Gasteiger partial charge in [-0.3, -0.25) is 14.6 Å². The molecule has 2 aliphatic rings. The van der Waals surface area contributed by atoms with Crippen LogP contribution in [0.1, 0.15) is 29.0 Å². The van der Waals surface area contributed by atoms with E-state index >= 15 is 0 Å². The molecule has 1 aromatic heterocycles. The third-order valence-electron chi connectivity index (χ3n) is 5.18. The lowest BCUT2D eigenvalue weighted by atomic mass is 10.0. The molecule has 0 saturated carbocycles. The SMILES string of the molecule is Cc1occc1C(=O)N1CCC(N2CCN(CCO)CC2)CC1. The molecule has 3 rings (SSSR count). The lowest BCUT2D eigenvalue weighted by molar-refractivity contribution is 0.0450. The van der Waals surface area contributed by atoms with Gasteiger partial charge in [-0.25, -0.2) is 0 Å². The molecule has 0 unspecified atom stereocenters. The highest BCUT2D eigenvalue weighted by Crippen LogP contribution is 2.21. The Hall–Kier alpha value is -1.37. The summed E-state index contributed by atoms with van der Waals surface area (Å²) in [6, 6.07) is 2.35. The van der Waals surface area contributed by atoms with Crippen LogP contribution < -0.4 is 0 Å². The van der Waals surface area contributed by atoms with Gasteiger partial charge in [-0.2, -0.15) is 0 Å². The zero-order valence-corrected chi connectivity index (χ0v) is 13.9. The Bertz CT molecular complexity index is 515.